The highest BCUT2D eigenvalue weighted by atomic mass is 16.5. The summed E-state index contributed by atoms with van der Waals surface area (Å²) in [6, 6.07) is 18.2. The van der Waals surface area contributed by atoms with Gasteiger partial charge in [0.2, 0.25) is 5.91 Å². The average molecular weight is 456 g/mol. The van der Waals surface area contributed by atoms with E-state index in [-0.39, 0.29) is 17.7 Å². The number of carbonyl (C=O) groups excluding carboxylic acids is 1. The standard InChI is InChI=1S/C28H29N3O3/c1-30(2)24-13-12-22(19-8-5-6-9-20(19)24)28(32)31-17-23(21-10-7-15-29-27(21)31)18-11-14-25(33-3)26(16-18)34-4/h5-11,13-16,22-23H,12,17H2,1-4H3. The number of pyridine rings is 1. The van der Waals surface area contributed by atoms with Crippen molar-refractivity contribution in [2.75, 3.05) is 39.8 Å². The predicted molar refractivity (Wildman–Crippen MR) is 133 cm³/mol. The van der Waals surface area contributed by atoms with E-state index in [1.54, 1.807) is 20.4 Å². The van der Waals surface area contributed by atoms with Crippen molar-refractivity contribution >= 4 is 17.4 Å². The van der Waals surface area contributed by atoms with E-state index in [2.05, 4.69) is 34.2 Å². The molecule has 2 aliphatic rings. The van der Waals surface area contributed by atoms with Gasteiger partial charge in [0, 0.05) is 49.6 Å². The molecule has 0 saturated heterocycles. The second-order valence-corrected chi connectivity index (χ2v) is 8.89. The molecule has 0 radical (unpaired) electrons. The third-order valence-electron chi connectivity index (χ3n) is 6.83. The van der Waals surface area contributed by atoms with E-state index in [0.29, 0.717) is 24.5 Å². The molecule has 1 aromatic heterocycles. The van der Waals surface area contributed by atoms with Crippen LogP contribution in [0, 0.1) is 0 Å². The van der Waals surface area contributed by atoms with Crippen LogP contribution in [-0.4, -0.2) is 50.7 Å². The molecule has 0 fully saturated rings. The highest BCUT2D eigenvalue weighted by Crippen LogP contribution is 2.44. The highest BCUT2D eigenvalue weighted by Gasteiger charge is 2.39. The second-order valence-electron chi connectivity index (χ2n) is 8.89. The summed E-state index contributed by atoms with van der Waals surface area (Å²) in [6.07, 6.45) is 4.60. The minimum atomic E-state index is -0.237. The lowest BCUT2D eigenvalue weighted by Gasteiger charge is -2.31. The number of hydrogen-bond donors (Lipinski definition) is 0. The van der Waals surface area contributed by atoms with Crippen LogP contribution in [0.1, 0.15) is 40.5 Å². The predicted octanol–water partition coefficient (Wildman–Crippen LogP) is 4.67. The maximum absolute atomic E-state index is 14.0. The van der Waals surface area contributed by atoms with Gasteiger partial charge in [-0.15, -0.1) is 0 Å². The van der Waals surface area contributed by atoms with E-state index >= 15 is 0 Å². The fourth-order valence-corrected chi connectivity index (χ4v) is 5.17. The molecular formula is C28H29N3O3. The van der Waals surface area contributed by atoms with Crippen molar-refractivity contribution in [3.8, 4) is 11.5 Å². The smallest absolute Gasteiger partial charge is 0.236 e. The monoisotopic (exact) mass is 455 g/mol. The topological polar surface area (TPSA) is 54.9 Å². The molecule has 0 spiro atoms. The lowest BCUT2D eigenvalue weighted by Crippen LogP contribution is -2.36. The van der Waals surface area contributed by atoms with E-state index in [9.17, 15) is 4.79 Å². The minimum Gasteiger partial charge on any atom is -0.493 e. The molecular weight excluding hydrogens is 426 g/mol. The lowest BCUT2D eigenvalue weighted by atomic mass is 9.84. The first-order valence-electron chi connectivity index (χ1n) is 11.5. The van der Waals surface area contributed by atoms with Crippen LogP contribution >= 0.6 is 0 Å². The Kier molecular flexibility index (Phi) is 5.74. The van der Waals surface area contributed by atoms with E-state index in [0.717, 1.165) is 33.8 Å². The molecule has 0 N–H and O–H groups in total. The molecule has 0 saturated carbocycles. The number of rotatable bonds is 5. The summed E-state index contributed by atoms with van der Waals surface area (Å²) in [5, 5.41) is 0. The van der Waals surface area contributed by atoms with Crippen LogP contribution in [0.15, 0.2) is 66.9 Å². The van der Waals surface area contributed by atoms with Gasteiger partial charge in [0.1, 0.15) is 5.82 Å². The number of allylic oxidation sites excluding steroid dienone is 1. The largest absolute Gasteiger partial charge is 0.493 e. The number of amides is 1. The third-order valence-corrected chi connectivity index (χ3v) is 6.83. The molecule has 6 heteroatoms. The van der Waals surface area contributed by atoms with Crippen molar-refractivity contribution in [2.24, 2.45) is 0 Å². The van der Waals surface area contributed by atoms with Gasteiger partial charge in [-0.05, 0) is 35.7 Å². The van der Waals surface area contributed by atoms with Crippen LogP contribution in [0.3, 0.4) is 0 Å². The summed E-state index contributed by atoms with van der Waals surface area (Å²) in [5.74, 6) is 1.97. The summed E-state index contributed by atoms with van der Waals surface area (Å²) >= 11 is 0. The number of nitrogens with zero attached hydrogens (tertiary/aromatic N) is 3. The van der Waals surface area contributed by atoms with Crippen molar-refractivity contribution in [2.45, 2.75) is 18.3 Å². The summed E-state index contributed by atoms with van der Waals surface area (Å²) in [6.45, 7) is 0.545. The molecule has 6 nitrogen and oxygen atoms in total. The Morgan fingerprint density at radius 3 is 2.53 bits per heavy atom. The molecule has 0 bridgehead atoms. The van der Waals surface area contributed by atoms with Gasteiger partial charge in [-0.2, -0.15) is 0 Å². The van der Waals surface area contributed by atoms with Gasteiger partial charge in [0.05, 0.1) is 20.1 Å². The zero-order valence-electron chi connectivity index (χ0n) is 20.0. The summed E-state index contributed by atoms with van der Waals surface area (Å²) in [7, 11) is 7.35. The van der Waals surface area contributed by atoms with E-state index in [1.807, 2.05) is 55.4 Å². The molecule has 174 valence electrons. The fraction of sp³-hybridized carbons (Fsp3) is 0.286. The van der Waals surface area contributed by atoms with E-state index in [4.69, 9.17) is 9.47 Å². The first-order chi connectivity index (χ1) is 16.5. The quantitative estimate of drug-likeness (QED) is 0.560. The fourth-order valence-electron chi connectivity index (χ4n) is 5.17. The van der Waals surface area contributed by atoms with Crippen molar-refractivity contribution in [1.29, 1.82) is 0 Å². The molecule has 2 atom stereocenters. The molecule has 2 unspecified atom stereocenters. The number of carbonyl (C=O) groups is 1. The lowest BCUT2D eigenvalue weighted by molar-refractivity contribution is -0.120. The Morgan fingerprint density at radius 1 is 1.00 bits per heavy atom. The Balaban J connectivity index is 1.51. The van der Waals surface area contributed by atoms with Crippen molar-refractivity contribution in [1.82, 2.24) is 9.88 Å². The third kappa shape index (κ3) is 3.59. The Bertz CT molecular complexity index is 1270. The first-order valence-corrected chi connectivity index (χ1v) is 11.5. The number of methoxy groups -OCH3 is 2. The molecule has 1 amide bonds. The number of fused-ring (bicyclic) bond motifs is 2. The van der Waals surface area contributed by atoms with Crippen LogP contribution in [0.4, 0.5) is 5.82 Å². The second kappa shape index (κ2) is 8.86. The SMILES string of the molecule is COc1ccc(C2CN(C(=O)C3CC=C(N(C)C)c4ccccc43)c3ncccc32)cc1OC. The summed E-state index contributed by atoms with van der Waals surface area (Å²) in [4.78, 5) is 22.6. The van der Waals surface area contributed by atoms with Gasteiger partial charge in [-0.1, -0.05) is 42.5 Å². The molecule has 3 aromatic rings. The van der Waals surface area contributed by atoms with Gasteiger partial charge in [-0.25, -0.2) is 4.98 Å². The molecule has 2 heterocycles. The van der Waals surface area contributed by atoms with Gasteiger partial charge >= 0.3 is 0 Å². The van der Waals surface area contributed by atoms with Gasteiger partial charge in [0.15, 0.2) is 11.5 Å². The number of ether oxygens (including phenoxy) is 2. The van der Waals surface area contributed by atoms with Crippen LogP contribution in [0.5, 0.6) is 11.5 Å². The minimum absolute atomic E-state index is 0.0131. The van der Waals surface area contributed by atoms with E-state index in [1.165, 1.54) is 0 Å². The molecule has 2 aromatic carbocycles. The number of hydrogen-bond acceptors (Lipinski definition) is 5. The van der Waals surface area contributed by atoms with Crippen LogP contribution in [0.2, 0.25) is 0 Å². The number of aromatic nitrogens is 1. The highest BCUT2D eigenvalue weighted by molar-refractivity contribution is 6.01. The summed E-state index contributed by atoms with van der Waals surface area (Å²) in [5.41, 5.74) is 5.47. The Hall–Kier alpha value is -3.80. The number of anilines is 1. The molecule has 5 rings (SSSR count). The average Bonchev–Trinajstić information content (AvgIpc) is 3.26. The van der Waals surface area contributed by atoms with Crippen LogP contribution < -0.4 is 14.4 Å². The van der Waals surface area contributed by atoms with E-state index < -0.39 is 0 Å². The van der Waals surface area contributed by atoms with Crippen molar-refractivity contribution in [3.63, 3.8) is 0 Å². The van der Waals surface area contributed by atoms with Gasteiger partial charge in [-0.3, -0.25) is 9.69 Å². The molecule has 34 heavy (non-hydrogen) atoms. The van der Waals surface area contributed by atoms with Gasteiger partial charge in [0.25, 0.3) is 0 Å². The zero-order valence-corrected chi connectivity index (χ0v) is 20.0. The zero-order chi connectivity index (χ0) is 23.8. The maximum Gasteiger partial charge on any atom is 0.236 e. The Morgan fingerprint density at radius 2 is 1.76 bits per heavy atom. The maximum atomic E-state index is 14.0. The normalized spacial score (nSPS) is 18.6. The van der Waals surface area contributed by atoms with Gasteiger partial charge < -0.3 is 14.4 Å². The van der Waals surface area contributed by atoms with Crippen molar-refractivity contribution < 1.29 is 14.3 Å². The molecule has 1 aliphatic carbocycles. The number of benzene rings is 2. The summed E-state index contributed by atoms with van der Waals surface area (Å²) < 4.78 is 10.9. The van der Waals surface area contributed by atoms with Crippen LogP contribution in [0.25, 0.3) is 5.70 Å². The van der Waals surface area contributed by atoms with Crippen LogP contribution in [-0.2, 0) is 4.79 Å². The first kappa shape index (κ1) is 22.0. The van der Waals surface area contributed by atoms with Crippen molar-refractivity contribution in [3.05, 3.63) is 89.1 Å². The Labute approximate surface area is 200 Å². The molecule has 1 aliphatic heterocycles.